The SMILES string of the molecule is CCN(CCO)C(=O)c1cscc1C. The van der Waals surface area contributed by atoms with Gasteiger partial charge in [-0.05, 0) is 24.8 Å². The summed E-state index contributed by atoms with van der Waals surface area (Å²) in [6.45, 7) is 4.90. The second-order valence-corrected chi connectivity index (χ2v) is 3.82. The minimum absolute atomic E-state index is 0.0142. The maximum absolute atomic E-state index is 11.9. The molecule has 0 aromatic carbocycles. The third-order valence-electron chi connectivity index (χ3n) is 2.12. The van der Waals surface area contributed by atoms with Gasteiger partial charge in [0.05, 0.1) is 12.2 Å². The third-order valence-corrected chi connectivity index (χ3v) is 2.99. The van der Waals surface area contributed by atoms with Crippen LogP contribution in [0.1, 0.15) is 22.8 Å². The number of likely N-dealkylation sites (N-methyl/N-ethyl adjacent to an activating group) is 1. The fourth-order valence-electron chi connectivity index (χ4n) is 1.27. The van der Waals surface area contributed by atoms with Crippen molar-refractivity contribution in [3.8, 4) is 0 Å². The van der Waals surface area contributed by atoms with Gasteiger partial charge in [-0.2, -0.15) is 11.3 Å². The average molecular weight is 213 g/mol. The van der Waals surface area contributed by atoms with Crippen molar-refractivity contribution in [3.05, 3.63) is 21.9 Å². The molecule has 0 aliphatic rings. The normalized spacial score (nSPS) is 10.2. The van der Waals surface area contributed by atoms with Crippen molar-refractivity contribution in [2.24, 2.45) is 0 Å². The van der Waals surface area contributed by atoms with E-state index in [1.165, 1.54) is 11.3 Å². The van der Waals surface area contributed by atoms with Gasteiger partial charge in [-0.1, -0.05) is 0 Å². The maximum Gasteiger partial charge on any atom is 0.255 e. The lowest BCUT2D eigenvalue weighted by molar-refractivity contribution is 0.0732. The number of nitrogens with zero attached hydrogens (tertiary/aromatic N) is 1. The van der Waals surface area contributed by atoms with Crippen molar-refractivity contribution in [2.75, 3.05) is 19.7 Å². The number of amides is 1. The van der Waals surface area contributed by atoms with Gasteiger partial charge in [0.25, 0.3) is 5.91 Å². The topological polar surface area (TPSA) is 40.5 Å². The number of thiophene rings is 1. The molecule has 1 aromatic rings. The summed E-state index contributed by atoms with van der Waals surface area (Å²) in [6.07, 6.45) is 0. The van der Waals surface area contributed by atoms with Crippen LogP contribution in [0, 0.1) is 6.92 Å². The van der Waals surface area contributed by atoms with Gasteiger partial charge in [0.1, 0.15) is 0 Å². The molecule has 1 rings (SSSR count). The van der Waals surface area contributed by atoms with Gasteiger partial charge in [-0.25, -0.2) is 0 Å². The molecule has 1 aromatic heterocycles. The first-order chi connectivity index (χ1) is 6.70. The van der Waals surface area contributed by atoms with Gasteiger partial charge >= 0.3 is 0 Å². The third kappa shape index (κ3) is 2.33. The van der Waals surface area contributed by atoms with Gasteiger partial charge < -0.3 is 10.0 Å². The molecule has 4 heteroatoms. The Morgan fingerprint density at radius 2 is 2.29 bits per heavy atom. The van der Waals surface area contributed by atoms with Crippen molar-refractivity contribution in [3.63, 3.8) is 0 Å². The zero-order valence-electron chi connectivity index (χ0n) is 8.49. The van der Waals surface area contributed by atoms with Crippen LogP contribution in [0.15, 0.2) is 10.8 Å². The zero-order valence-corrected chi connectivity index (χ0v) is 9.30. The van der Waals surface area contributed by atoms with E-state index < -0.39 is 0 Å². The maximum atomic E-state index is 11.9. The average Bonchev–Trinajstić information content (AvgIpc) is 2.59. The van der Waals surface area contributed by atoms with Crippen LogP contribution in [-0.4, -0.2) is 35.6 Å². The minimum atomic E-state index is 0.0142. The molecule has 1 amide bonds. The molecule has 0 atom stereocenters. The Hall–Kier alpha value is -0.870. The van der Waals surface area contributed by atoms with E-state index in [-0.39, 0.29) is 12.5 Å². The quantitative estimate of drug-likeness (QED) is 0.823. The van der Waals surface area contributed by atoms with E-state index in [1.807, 2.05) is 24.6 Å². The Labute approximate surface area is 88.0 Å². The Morgan fingerprint density at radius 1 is 1.57 bits per heavy atom. The summed E-state index contributed by atoms with van der Waals surface area (Å²) < 4.78 is 0. The highest BCUT2D eigenvalue weighted by atomic mass is 32.1. The summed E-state index contributed by atoms with van der Waals surface area (Å²) in [5, 5.41) is 12.6. The molecular weight excluding hydrogens is 198 g/mol. The summed E-state index contributed by atoms with van der Waals surface area (Å²) in [5.74, 6) is 0.0142. The lowest BCUT2D eigenvalue weighted by Crippen LogP contribution is -2.33. The molecule has 78 valence electrons. The van der Waals surface area contributed by atoms with Crippen LogP contribution in [0.3, 0.4) is 0 Å². The smallest absolute Gasteiger partial charge is 0.255 e. The molecule has 0 spiro atoms. The van der Waals surface area contributed by atoms with E-state index in [0.717, 1.165) is 11.1 Å². The first-order valence-corrected chi connectivity index (χ1v) is 5.58. The van der Waals surface area contributed by atoms with Crippen molar-refractivity contribution < 1.29 is 9.90 Å². The van der Waals surface area contributed by atoms with Gasteiger partial charge in [-0.15, -0.1) is 0 Å². The van der Waals surface area contributed by atoms with Gasteiger partial charge in [0.15, 0.2) is 0 Å². The van der Waals surface area contributed by atoms with Gasteiger partial charge in [0, 0.05) is 18.5 Å². The van der Waals surface area contributed by atoms with E-state index in [9.17, 15) is 4.79 Å². The first kappa shape index (κ1) is 11.2. The molecule has 0 saturated heterocycles. The molecule has 3 nitrogen and oxygen atoms in total. The summed E-state index contributed by atoms with van der Waals surface area (Å²) in [5.41, 5.74) is 1.77. The number of hydrogen-bond donors (Lipinski definition) is 1. The van der Waals surface area contributed by atoms with Crippen molar-refractivity contribution in [1.82, 2.24) is 4.90 Å². The number of aryl methyl sites for hydroxylation is 1. The number of carbonyl (C=O) groups excluding carboxylic acids is 1. The van der Waals surface area contributed by atoms with Gasteiger partial charge in [-0.3, -0.25) is 4.79 Å². The molecule has 0 saturated carbocycles. The van der Waals surface area contributed by atoms with Crippen molar-refractivity contribution in [1.29, 1.82) is 0 Å². The monoisotopic (exact) mass is 213 g/mol. The van der Waals surface area contributed by atoms with Gasteiger partial charge in [0.2, 0.25) is 0 Å². The van der Waals surface area contributed by atoms with E-state index >= 15 is 0 Å². The number of aliphatic hydroxyl groups excluding tert-OH is 1. The van der Waals surface area contributed by atoms with Crippen LogP contribution in [0.5, 0.6) is 0 Å². The lowest BCUT2D eigenvalue weighted by Gasteiger charge is -2.19. The largest absolute Gasteiger partial charge is 0.395 e. The van der Waals surface area contributed by atoms with E-state index in [0.29, 0.717) is 13.1 Å². The van der Waals surface area contributed by atoms with Crippen LogP contribution in [-0.2, 0) is 0 Å². The second kappa shape index (κ2) is 5.12. The number of hydrogen-bond acceptors (Lipinski definition) is 3. The molecule has 0 bridgehead atoms. The van der Waals surface area contributed by atoms with Crippen molar-refractivity contribution >= 4 is 17.2 Å². The molecule has 1 heterocycles. The summed E-state index contributed by atoms with van der Waals surface area (Å²) in [4.78, 5) is 13.5. The molecule has 0 aliphatic heterocycles. The minimum Gasteiger partial charge on any atom is -0.395 e. The molecule has 0 aliphatic carbocycles. The number of carbonyl (C=O) groups is 1. The van der Waals surface area contributed by atoms with Crippen LogP contribution >= 0.6 is 11.3 Å². The molecule has 0 unspecified atom stereocenters. The molecule has 1 N–H and O–H groups in total. The summed E-state index contributed by atoms with van der Waals surface area (Å²) in [6, 6.07) is 0. The van der Waals surface area contributed by atoms with Crippen molar-refractivity contribution in [2.45, 2.75) is 13.8 Å². The van der Waals surface area contributed by atoms with E-state index in [1.54, 1.807) is 4.90 Å². The summed E-state index contributed by atoms with van der Waals surface area (Å²) >= 11 is 1.53. The first-order valence-electron chi connectivity index (χ1n) is 4.63. The Morgan fingerprint density at radius 3 is 2.71 bits per heavy atom. The highest BCUT2D eigenvalue weighted by Gasteiger charge is 2.15. The number of aliphatic hydroxyl groups is 1. The van der Waals surface area contributed by atoms with Crippen LogP contribution in [0.25, 0.3) is 0 Å². The van der Waals surface area contributed by atoms with E-state index in [4.69, 9.17) is 5.11 Å². The standard InChI is InChI=1S/C10H15NO2S/c1-3-11(4-5-12)10(13)9-7-14-6-8(9)2/h6-7,12H,3-5H2,1-2H3. The predicted octanol–water partition coefficient (Wildman–Crippen LogP) is 1.51. The highest BCUT2D eigenvalue weighted by molar-refractivity contribution is 7.08. The second-order valence-electron chi connectivity index (χ2n) is 3.08. The Balaban J connectivity index is 2.78. The van der Waals surface area contributed by atoms with Crippen LogP contribution < -0.4 is 0 Å². The summed E-state index contributed by atoms with van der Waals surface area (Å²) in [7, 11) is 0. The molecule has 0 radical (unpaired) electrons. The Kier molecular flexibility index (Phi) is 4.10. The lowest BCUT2D eigenvalue weighted by atomic mass is 10.2. The molecular formula is C10H15NO2S. The van der Waals surface area contributed by atoms with Crippen LogP contribution in [0.4, 0.5) is 0 Å². The fraction of sp³-hybridized carbons (Fsp3) is 0.500. The predicted molar refractivity (Wildman–Crippen MR) is 57.7 cm³/mol. The van der Waals surface area contributed by atoms with Crippen LogP contribution in [0.2, 0.25) is 0 Å². The Bertz CT molecular complexity index is 309. The molecule has 14 heavy (non-hydrogen) atoms. The molecule has 0 fully saturated rings. The zero-order chi connectivity index (χ0) is 10.6. The highest BCUT2D eigenvalue weighted by Crippen LogP contribution is 2.15. The van der Waals surface area contributed by atoms with E-state index in [2.05, 4.69) is 0 Å². The number of rotatable bonds is 4. The fourth-order valence-corrected chi connectivity index (χ4v) is 2.10.